The highest BCUT2D eigenvalue weighted by Gasteiger charge is 2.43. The average molecular weight is 358 g/mol. The Morgan fingerprint density at radius 1 is 1.19 bits per heavy atom. The Labute approximate surface area is 130 Å². The van der Waals surface area contributed by atoms with Crippen LogP contribution in [-0.2, 0) is 9.53 Å². The van der Waals surface area contributed by atoms with Gasteiger partial charge in [0.25, 0.3) is 0 Å². The molecule has 1 aromatic carbocycles. The third-order valence-electron chi connectivity index (χ3n) is 2.40. The van der Waals surface area contributed by atoms with E-state index in [4.69, 9.17) is 15.6 Å². The topological polar surface area (TPSA) is 107 Å². The van der Waals surface area contributed by atoms with Crippen molar-refractivity contribution in [2.45, 2.75) is 30.8 Å². The molecule has 1 unspecified atom stereocenters. The second-order valence-electron chi connectivity index (χ2n) is 5.43. The molecule has 0 radical (unpaired) electrons. The van der Waals surface area contributed by atoms with Gasteiger partial charge < -0.3 is 15.6 Å². The van der Waals surface area contributed by atoms with Crippen molar-refractivity contribution in [2.24, 2.45) is 5.73 Å². The summed E-state index contributed by atoms with van der Waals surface area (Å²) in [6, 6.07) is 5.26. The van der Waals surface area contributed by atoms with Crippen molar-refractivity contribution in [3.05, 3.63) is 35.4 Å². The smallest absolute Gasteiger partial charge is 0.346 e. The molecule has 0 aliphatic rings. The van der Waals surface area contributed by atoms with Crippen LogP contribution in [0.4, 0.5) is 0 Å². The summed E-state index contributed by atoms with van der Waals surface area (Å²) in [5, 5.41) is 8.91. The number of carbonyl (C=O) groups excluding carboxylic acids is 2. The minimum absolute atomic E-state index is 0.000124. The lowest BCUT2D eigenvalue weighted by Gasteiger charge is -2.26. The zero-order valence-electron chi connectivity index (χ0n) is 11.8. The van der Waals surface area contributed by atoms with Crippen LogP contribution < -0.4 is 5.73 Å². The SMILES string of the molecule is CC(C)(C)OC(=O)C(N)(Br)C(=O)c1cccc(C(=O)O)c1. The van der Waals surface area contributed by atoms with Gasteiger partial charge in [0.2, 0.25) is 10.2 Å². The van der Waals surface area contributed by atoms with Crippen molar-refractivity contribution < 1.29 is 24.2 Å². The number of alkyl halides is 1. The number of benzene rings is 1. The minimum atomic E-state index is -2.07. The third-order valence-corrected chi connectivity index (χ3v) is 3.08. The maximum absolute atomic E-state index is 12.3. The number of hydrogen-bond acceptors (Lipinski definition) is 5. The van der Waals surface area contributed by atoms with Gasteiger partial charge in [-0.1, -0.05) is 12.1 Å². The van der Waals surface area contributed by atoms with Gasteiger partial charge in [0.05, 0.1) is 5.56 Å². The summed E-state index contributed by atoms with van der Waals surface area (Å²) >= 11 is 2.87. The van der Waals surface area contributed by atoms with Crippen LogP contribution in [0.15, 0.2) is 24.3 Å². The van der Waals surface area contributed by atoms with Crippen LogP contribution in [0.25, 0.3) is 0 Å². The van der Waals surface area contributed by atoms with Crippen LogP contribution in [0.2, 0.25) is 0 Å². The number of Topliss-reactive ketones (excluding diaryl/α,β-unsaturated/α-hetero) is 1. The molecule has 0 bridgehead atoms. The number of carbonyl (C=O) groups is 3. The number of carboxylic acids is 1. The van der Waals surface area contributed by atoms with Crippen LogP contribution >= 0.6 is 15.9 Å². The number of nitrogens with two attached hydrogens (primary N) is 1. The predicted octanol–water partition coefficient (Wildman–Crippen LogP) is 1.96. The second kappa shape index (κ2) is 5.95. The molecule has 0 aliphatic heterocycles. The van der Waals surface area contributed by atoms with Crippen LogP contribution in [-0.4, -0.2) is 32.9 Å². The first-order chi connectivity index (χ1) is 9.45. The Morgan fingerprint density at radius 3 is 2.19 bits per heavy atom. The van der Waals surface area contributed by atoms with Crippen molar-refractivity contribution in [2.75, 3.05) is 0 Å². The summed E-state index contributed by atoms with van der Waals surface area (Å²) in [6.07, 6.45) is 0. The van der Waals surface area contributed by atoms with Crippen molar-refractivity contribution in [1.82, 2.24) is 0 Å². The third kappa shape index (κ3) is 4.37. The lowest BCUT2D eigenvalue weighted by molar-refractivity contribution is -0.156. The summed E-state index contributed by atoms with van der Waals surface area (Å²) in [5.74, 6) is -2.90. The van der Waals surface area contributed by atoms with E-state index in [-0.39, 0.29) is 11.1 Å². The molecule has 0 fully saturated rings. The van der Waals surface area contributed by atoms with E-state index in [1.54, 1.807) is 20.8 Å². The molecule has 7 heteroatoms. The number of carboxylic acid groups (broad SMARTS) is 1. The molecule has 6 nitrogen and oxygen atoms in total. The quantitative estimate of drug-likeness (QED) is 0.280. The Hall–Kier alpha value is -1.73. The Morgan fingerprint density at radius 2 is 1.71 bits per heavy atom. The minimum Gasteiger partial charge on any atom is -0.478 e. The first-order valence-electron chi connectivity index (χ1n) is 6.04. The van der Waals surface area contributed by atoms with Crippen molar-refractivity contribution in [3.8, 4) is 0 Å². The van der Waals surface area contributed by atoms with Crippen LogP contribution in [0.1, 0.15) is 41.5 Å². The molecule has 114 valence electrons. The fourth-order valence-corrected chi connectivity index (χ4v) is 1.76. The molecular formula is C14H16BrNO5. The number of esters is 1. The van der Waals surface area contributed by atoms with E-state index in [1.807, 2.05) is 0 Å². The Balaban J connectivity index is 3.08. The monoisotopic (exact) mass is 357 g/mol. The maximum Gasteiger partial charge on any atom is 0.346 e. The van der Waals surface area contributed by atoms with Gasteiger partial charge in [0.15, 0.2) is 0 Å². The molecular weight excluding hydrogens is 342 g/mol. The summed E-state index contributed by atoms with van der Waals surface area (Å²) in [4.78, 5) is 35.2. The van der Waals surface area contributed by atoms with Gasteiger partial charge in [-0.2, -0.15) is 0 Å². The van der Waals surface area contributed by atoms with E-state index in [9.17, 15) is 14.4 Å². The highest BCUT2D eigenvalue weighted by atomic mass is 79.9. The van der Waals surface area contributed by atoms with Gasteiger partial charge in [-0.05, 0) is 48.8 Å². The van der Waals surface area contributed by atoms with E-state index in [0.717, 1.165) is 6.07 Å². The van der Waals surface area contributed by atoms with Gasteiger partial charge in [-0.25, -0.2) is 9.59 Å². The largest absolute Gasteiger partial charge is 0.478 e. The molecule has 1 rings (SSSR count). The molecule has 3 N–H and O–H groups in total. The summed E-state index contributed by atoms with van der Waals surface area (Å²) in [6.45, 7) is 4.93. The molecule has 0 saturated heterocycles. The van der Waals surface area contributed by atoms with Crippen LogP contribution in [0.3, 0.4) is 0 Å². The summed E-state index contributed by atoms with van der Waals surface area (Å²) < 4.78 is 3.00. The van der Waals surface area contributed by atoms with E-state index >= 15 is 0 Å². The second-order valence-corrected chi connectivity index (χ2v) is 6.68. The average Bonchev–Trinajstić information content (AvgIpc) is 2.35. The fraction of sp³-hybridized carbons (Fsp3) is 0.357. The van der Waals surface area contributed by atoms with Crippen molar-refractivity contribution >= 4 is 33.7 Å². The lowest BCUT2D eigenvalue weighted by Crippen LogP contribution is -2.52. The summed E-state index contributed by atoms with van der Waals surface area (Å²) in [7, 11) is 0. The molecule has 0 aliphatic carbocycles. The molecule has 0 aromatic heterocycles. The molecule has 0 heterocycles. The van der Waals surface area contributed by atoms with E-state index in [2.05, 4.69) is 15.9 Å². The molecule has 0 spiro atoms. The standard InChI is InChI=1S/C14H16BrNO5/c1-13(2,3)21-12(20)14(15,16)10(17)8-5-4-6-9(7-8)11(18)19/h4-7H,16H2,1-3H3,(H,18,19). The molecule has 1 atom stereocenters. The van der Waals surface area contributed by atoms with Crippen LogP contribution in [0, 0.1) is 0 Å². The van der Waals surface area contributed by atoms with E-state index in [1.165, 1.54) is 18.2 Å². The predicted molar refractivity (Wildman–Crippen MR) is 79.4 cm³/mol. The number of ether oxygens (including phenoxy) is 1. The number of rotatable bonds is 4. The summed E-state index contributed by atoms with van der Waals surface area (Å²) in [5.41, 5.74) is 4.83. The number of hydrogen-bond donors (Lipinski definition) is 2. The van der Waals surface area contributed by atoms with Gasteiger partial charge in [0.1, 0.15) is 5.60 Å². The van der Waals surface area contributed by atoms with Gasteiger partial charge in [0, 0.05) is 5.56 Å². The maximum atomic E-state index is 12.3. The normalized spacial score (nSPS) is 14.1. The molecule has 0 saturated carbocycles. The number of halogens is 1. The molecule has 0 amide bonds. The highest BCUT2D eigenvalue weighted by Crippen LogP contribution is 2.23. The lowest BCUT2D eigenvalue weighted by atomic mass is 10.0. The van der Waals surface area contributed by atoms with Gasteiger partial charge >= 0.3 is 11.9 Å². The molecule has 1 aromatic rings. The zero-order valence-corrected chi connectivity index (χ0v) is 13.4. The number of ketones is 1. The van der Waals surface area contributed by atoms with E-state index in [0.29, 0.717) is 0 Å². The first-order valence-corrected chi connectivity index (χ1v) is 6.84. The number of aromatic carboxylic acids is 1. The van der Waals surface area contributed by atoms with E-state index < -0.39 is 27.8 Å². The first kappa shape index (κ1) is 17.3. The van der Waals surface area contributed by atoms with Gasteiger partial charge in [-0.3, -0.25) is 4.79 Å². The van der Waals surface area contributed by atoms with Crippen molar-refractivity contribution in [3.63, 3.8) is 0 Å². The Kier molecular flexibility index (Phi) is 4.91. The zero-order chi connectivity index (χ0) is 16.4. The Bertz CT molecular complexity index is 589. The molecule has 21 heavy (non-hydrogen) atoms. The van der Waals surface area contributed by atoms with Crippen LogP contribution in [0.5, 0.6) is 0 Å². The fourth-order valence-electron chi connectivity index (χ4n) is 1.45. The van der Waals surface area contributed by atoms with Crippen molar-refractivity contribution in [1.29, 1.82) is 0 Å². The highest BCUT2D eigenvalue weighted by molar-refractivity contribution is 9.10. The van der Waals surface area contributed by atoms with Gasteiger partial charge in [-0.15, -0.1) is 0 Å².